The van der Waals surface area contributed by atoms with Crippen LogP contribution in [0.1, 0.15) is 84.5 Å². The maximum absolute atomic E-state index is 11.0. The van der Waals surface area contributed by atoms with Gasteiger partial charge >= 0.3 is 0 Å². The van der Waals surface area contributed by atoms with E-state index in [-0.39, 0.29) is 0 Å². The molecule has 0 radical (unpaired) electrons. The molecule has 20 heavy (non-hydrogen) atoms. The molecule has 5 heteroatoms. The first-order chi connectivity index (χ1) is 9.41. The Morgan fingerprint density at radius 1 is 0.850 bits per heavy atom. The first kappa shape index (κ1) is 19.9. The smallest absolute Gasteiger partial charge is 0.267 e. The van der Waals surface area contributed by atoms with Crippen LogP contribution in [-0.4, -0.2) is 29.4 Å². The van der Waals surface area contributed by atoms with Gasteiger partial charge in [-0.2, -0.15) is 8.42 Å². The van der Waals surface area contributed by atoms with Gasteiger partial charge in [0.25, 0.3) is 10.1 Å². The molecule has 2 N–H and O–H groups in total. The van der Waals surface area contributed by atoms with Crippen molar-refractivity contribution in [3.05, 3.63) is 0 Å². The monoisotopic (exact) mass is 308 g/mol. The van der Waals surface area contributed by atoms with Crippen molar-refractivity contribution in [1.82, 2.24) is 0 Å². The van der Waals surface area contributed by atoms with E-state index in [1.807, 2.05) is 0 Å². The van der Waals surface area contributed by atoms with Crippen LogP contribution in [-0.2, 0) is 10.1 Å². The first-order valence-corrected chi connectivity index (χ1v) is 9.56. The van der Waals surface area contributed by atoms with Gasteiger partial charge < -0.3 is 5.11 Å². The van der Waals surface area contributed by atoms with Gasteiger partial charge in [0.2, 0.25) is 0 Å². The van der Waals surface area contributed by atoms with E-state index in [1.54, 1.807) is 6.92 Å². The Morgan fingerprint density at radius 2 is 1.40 bits per heavy atom. The van der Waals surface area contributed by atoms with Crippen molar-refractivity contribution in [1.29, 1.82) is 0 Å². The van der Waals surface area contributed by atoms with Crippen molar-refractivity contribution in [3.8, 4) is 0 Å². The molecule has 0 aliphatic rings. The Kier molecular flexibility index (Phi) is 11.4. The van der Waals surface area contributed by atoms with Crippen LogP contribution >= 0.6 is 0 Å². The minimum Gasteiger partial charge on any atom is -0.393 e. The maximum Gasteiger partial charge on any atom is 0.267 e. The van der Waals surface area contributed by atoms with Crippen LogP contribution in [0.25, 0.3) is 0 Å². The van der Waals surface area contributed by atoms with Crippen LogP contribution in [0.3, 0.4) is 0 Å². The summed E-state index contributed by atoms with van der Waals surface area (Å²) in [6, 6.07) is 0. The number of aliphatic hydroxyl groups is 1. The average molecular weight is 308 g/mol. The lowest BCUT2D eigenvalue weighted by atomic mass is 10.0. The van der Waals surface area contributed by atoms with E-state index in [4.69, 9.17) is 4.55 Å². The summed E-state index contributed by atoms with van der Waals surface area (Å²) < 4.78 is 31.1. The highest BCUT2D eigenvalue weighted by Crippen LogP contribution is 2.16. The van der Waals surface area contributed by atoms with E-state index >= 15 is 0 Å². The minimum absolute atomic E-state index is 0.340. The molecule has 0 saturated heterocycles. The minimum atomic E-state index is -3.96. The highest BCUT2D eigenvalue weighted by atomic mass is 32.2. The Labute approximate surface area is 124 Å². The third kappa shape index (κ3) is 10.6. The Hall–Kier alpha value is -0.130. The summed E-state index contributed by atoms with van der Waals surface area (Å²) in [7, 11) is -3.96. The van der Waals surface area contributed by atoms with Crippen molar-refractivity contribution in [2.24, 2.45) is 0 Å². The third-order valence-electron chi connectivity index (χ3n) is 3.84. The normalized spacial score (nSPS) is 15.2. The molecular formula is C15H32O4S. The van der Waals surface area contributed by atoms with E-state index in [0.717, 1.165) is 19.3 Å². The predicted octanol–water partition coefficient (Wildman–Crippen LogP) is 3.93. The number of unbranched alkanes of at least 4 members (excludes halogenated alkanes) is 6. The summed E-state index contributed by atoms with van der Waals surface area (Å²) >= 11 is 0. The van der Waals surface area contributed by atoms with Gasteiger partial charge in [-0.25, -0.2) is 0 Å². The summed E-state index contributed by atoms with van der Waals surface area (Å²) in [6.45, 7) is 3.94. The summed E-state index contributed by atoms with van der Waals surface area (Å²) in [5, 5.41) is 9.09. The highest BCUT2D eigenvalue weighted by Gasteiger charge is 2.21. The second kappa shape index (κ2) is 11.5. The lowest BCUT2D eigenvalue weighted by Gasteiger charge is -2.14. The molecular weight excluding hydrogens is 276 g/mol. The zero-order valence-corrected chi connectivity index (χ0v) is 13.9. The molecule has 0 aromatic rings. The fraction of sp³-hybridized carbons (Fsp3) is 1.00. The van der Waals surface area contributed by atoms with Gasteiger partial charge in [-0.05, 0) is 25.7 Å². The largest absolute Gasteiger partial charge is 0.393 e. The van der Waals surface area contributed by atoms with Crippen LogP contribution in [0, 0.1) is 0 Å². The Balaban J connectivity index is 3.61. The van der Waals surface area contributed by atoms with Gasteiger partial charge in [-0.1, -0.05) is 58.8 Å². The van der Waals surface area contributed by atoms with E-state index in [9.17, 15) is 13.5 Å². The van der Waals surface area contributed by atoms with Crippen LogP contribution in [0.4, 0.5) is 0 Å². The molecule has 2 atom stereocenters. The predicted molar refractivity (Wildman–Crippen MR) is 83.5 cm³/mol. The molecule has 0 fully saturated rings. The van der Waals surface area contributed by atoms with Crippen LogP contribution in [0.2, 0.25) is 0 Å². The van der Waals surface area contributed by atoms with Crippen LogP contribution < -0.4 is 0 Å². The van der Waals surface area contributed by atoms with E-state index in [2.05, 4.69) is 6.92 Å². The van der Waals surface area contributed by atoms with E-state index < -0.39 is 21.5 Å². The number of aliphatic hydroxyl groups excluding tert-OH is 1. The molecule has 0 heterocycles. The maximum atomic E-state index is 11.0. The molecule has 0 spiro atoms. The van der Waals surface area contributed by atoms with Gasteiger partial charge in [-0.15, -0.1) is 0 Å². The summed E-state index contributed by atoms with van der Waals surface area (Å²) in [5.74, 6) is 0. The topological polar surface area (TPSA) is 74.6 Å². The summed E-state index contributed by atoms with van der Waals surface area (Å²) in [4.78, 5) is 0. The number of hydrogen-bond donors (Lipinski definition) is 2. The van der Waals surface area contributed by atoms with Crippen LogP contribution in [0.15, 0.2) is 0 Å². The van der Waals surface area contributed by atoms with E-state index in [1.165, 1.54) is 32.1 Å². The molecule has 0 aromatic heterocycles. The molecule has 0 aliphatic heterocycles. The standard InChI is InChI=1S/C15H32O4S/c1-3-5-6-7-8-9-10-11-14(16)12-13-15(4-2)20(17,18)19/h14-16H,3-13H2,1-2H3,(H,17,18,19). The van der Waals surface area contributed by atoms with Crippen molar-refractivity contribution in [2.75, 3.05) is 0 Å². The quantitative estimate of drug-likeness (QED) is 0.399. The lowest BCUT2D eigenvalue weighted by Crippen LogP contribution is -2.21. The average Bonchev–Trinajstić information content (AvgIpc) is 2.36. The SMILES string of the molecule is CCCCCCCCCC(O)CCC(CC)S(=O)(=O)O. The molecule has 0 rings (SSSR count). The summed E-state index contributed by atoms with van der Waals surface area (Å²) in [5.41, 5.74) is 0. The zero-order valence-electron chi connectivity index (χ0n) is 13.1. The van der Waals surface area contributed by atoms with Gasteiger partial charge in [0, 0.05) is 0 Å². The molecule has 2 unspecified atom stereocenters. The van der Waals surface area contributed by atoms with Crippen LogP contribution in [0.5, 0.6) is 0 Å². The zero-order chi connectivity index (χ0) is 15.4. The van der Waals surface area contributed by atoms with Crippen molar-refractivity contribution in [3.63, 3.8) is 0 Å². The Bertz CT molecular complexity index is 314. The lowest BCUT2D eigenvalue weighted by molar-refractivity contribution is 0.147. The molecule has 0 aliphatic carbocycles. The van der Waals surface area contributed by atoms with Gasteiger partial charge in [-0.3, -0.25) is 4.55 Å². The van der Waals surface area contributed by atoms with E-state index in [0.29, 0.717) is 19.3 Å². The molecule has 4 nitrogen and oxygen atoms in total. The van der Waals surface area contributed by atoms with Gasteiger partial charge in [0.1, 0.15) is 0 Å². The molecule has 0 amide bonds. The van der Waals surface area contributed by atoms with Crippen molar-refractivity contribution >= 4 is 10.1 Å². The van der Waals surface area contributed by atoms with Gasteiger partial charge in [0.05, 0.1) is 11.4 Å². The molecule has 0 bridgehead atoms. The van der Waals surface area contributed by atoms with Crippen molar-refractivity contribution in [2.45, 2.75) is 95.8 Å². The number of rotatable bonds is 13. The second-order valence-corrected chi connectivity index (χ2v) is 7.38. The summed E-state index contributed by atoms with van der Waals surface area (Å²) in [6.07, 6.45) is 9.95. The fourth-order valence-corrected chi connectivity index (χ4v) is 3.28. The molecule has 122 valence electrons. The van der Waals surface area contributed by atoms with Gasteiger partial charge in [0.15, 0.2) is 0 Å². The van der Waals surface area contributed by atoms with Crippen molar-refractivity contribution < 1.29 is 18.1 Å². The molecule has 0 aromatic carbocycles. The fourth-order valence-electron chi connectivity index (χ4n) is 2.42. The first-order valence-electron chi connectivity index (χ1n) is 8.06. The number of hydrogen-bond acceptors (Lipinski definition) is 3. The molecule has 0 saturated carbocycles. The second-order valence-electron chi connectivity index (χ2n) is 5.69. The Morgan fingerprint density at radius 3 is 1.90 bits per heavy atom. The third-order valence-corrected chi connectivity index (χ3v) is 5.25. The highest BCUT2D eigenvalue weighted by molar-refractivity contribution is 7.86.